The summed E-state index contributed by atoms with van der Waals surface area (Å²) < 4.78 is 0. The van der Waals surface area contributed by atoms with Crippen LogP contribution in [-0.4, -0.2) is 18.5 Å². The minimum absolute atomic E-state index is 0. The summed E-state index contributed by atoms with van der Waals surface area (Å²) in [5.74, 6) is 0. The van der Waals surface area contributed by atoms with Crippen molar-refractivity contribution in [3.05, 3.63) is 82.1 Å². The standard InChI is InChI=1S/C22H29N2.U/c1-6-16(2)8-7-9-20-18(4)21(23)14-15-24(5)22(20)19-12-10-17(3)11-13-19;/h7-12,14,22H,6,15,23H2,1-5H3;/q-1;/b9-7-,16-8?;. The molecule has 25 heavy (non-hydrogen) atoms. The van der Waals surface area contributed by atoms with Gasteiger partial charge in [0.15, 0.2) is 0 Å². The van der Waals surface area contributed by atoms with Crippen molar-refractivity contribution in [2.75, 3.05) is 13.6 Å². The number of hydrogen-bond donors (Lipinski definition) is 1. The molecule has 1 atom stereocenters. The van der Waals surface area contributed by atoms with Crippen molar-refractivity contribution in [1.29, 1.82) is 0 Å². The van der Waals surface area contributed by atoms with Gasteiger partial charge in [0.25, 0.3) is 0 Å². The third kappa shape index (κ3) is 5.75. The summed E-state index contributed by atoms with van der Waals surface area (Å²) in [6.45, 7) is 9.37. The fraction of sp³-hybridized carbons (Fsp3) is 0.364. The zero-order valence-corrected chi connectivity index (χ0v) is 20.2. The Labute approximate surface area is 176 Å². The van der Waals surface area contributed by atoms with Crippen LogP contribution in [-0.2, 0) is 0 Å². The van der Waals surface area contributed by atoms with E-state index in [1.807, 2.05) is 0 Å². The molecule has 0 amide bonds. The van der Waals surface area contributed by atoms with Gasteiger partial charge in [-0.1, -0.05) is 37.6 Å². The fourth-order valence-corrected chi connectivity index (χ4v) is 2.85. The first-order chi connectivity index (χ1) is 11.4. The second-order valence-electron chi connectivity index (χ2n) is 6.63. The van der Waals surface area contributed by atoms with E-state index in [0.29, 0.717) is 0 Å². The first kappa shape index (κ1) is 22.0. The molecule has 0 fully saturated rings. The predicted octanol–water partition coefficient (Wildman–Crippen LogP) is 4.85. The van der Waals surface area contributed by atoms with Gasteiger partial charge in [-0.2, -0.15) is 29.8 Å². The minimum atomic E-state index is 0. The number of allylic oxidation sites excluding steroid dienone is 4. The Kier molecular flexibility index (Phi) is 9.00. The number of aryl methyl sites for hydroxylation is 1. The van der Waals surface area contributed by atoms with E-state index in [1.165, 1.54) is 22.3 Å². The van der Waals surface area contributed by atoms with Crippen LogP contribution >= 0.6 is 0 Å². The number of likely N-dealkylation sites (N-methyl/N-ethyl adjacent to an activating group) is 1. The van der Waals surface area contributed by atoms with Crippen LogP contribution in [0.15, 0.2) is 64.9 Å². The topological polar surface area (TPSA) is 29.3 Å². The van der Waals surface area contributed by atoms with Gasteiger partial charge in [-0.15, -0.1) is 5.56 Å². The predicted molar refractivity (Wildman–Crippen MR) is 104 cm³/mol. The van der Waals surface area contributed by atoms with Gasteiger partial charge in [-0.05, 0) is 44.5 Å². The largest absolute Gasteiger partial charge is 0.399 e. The maximum Gasteiger partial charge on any atom is 0.0380 e. The molecule has 1 unspecified atom stereocenters. The molecule has 0 saturated heterocycles. The molecular weight excluding hydrogens is 530 g/mol. The summed E-state index contributed by atoms with van der Waals surface area (Å²) in [7, 11) is 2.14. The van der Waals surface area contributed by atoms with Crippen LogP contribution in [0, 0.1) is 44.1 Å². The third-order valence-corrected chi connectivity index (χ3v) is 4.70. The zero-order chi connectivity index (χ0) is 17.7. The van der Waals surface area contributed by atoms with E-state index in [9.17, 15) is 0 Å². The Morgan fingerprint density at radius 3 is 2.68 bits per heavy atom. The number of nitrogens with two attached hydrogens (primary N) is 1. The van der Waals surface area contributed by atoms with Gasteiger partial charge in [0.2, 0.25) is 0 Å². The average molecular weight is 560 g/mol. The molecule has 2 N–H and O–H groups in total. The van der Waals surface area contributed by atoms with Gasteiger partial charge < -0.3 is 5.73 Å². The van der Waals surface area contributed by atoms with Gasteiger partial charge in [-0.25, -0.2) is 0 Å². The molecule has 0 radical (unpaired) electrons. The van der Waals surface area contributed by atoms with Crippen molar-refractivity contribution in [1.82, 2.24) is 4.90 Å². The summed E-state index contributed by atoms with van der Waals surface area (Å²) in [6, 6.07) is 10.00. The van der Waals surface area contributed by atoms with Crippen molar-refractivity contribution < 1.29 is 31.1 Å². The second-order valence-corrected chi connectivity index (χ2v) is 6.63. The van der Waals surface area contributed by atoms with Crippen LogP contribution in [0.4, 0.5) is 0 Å². The van der Waals surface area contributed by atoms with E-state index < -0.39 is 0 Å². The maximum absolute atomic E-state index is 6.27. The summed E-state index contributed by atoms with van der Waals surface area (Å²) in [4.78, 5) is 2.32. The first-order valence-electron chi connectivity index (χ1n) is 8.63. The summed E-state index contributed by atoms with van der Waals surface area (Å²) in [6.07, 6.45) is 9.70. The van der Waals surface area contributed by atoms with Crippen LogP contribution in [0.2, 0.25) is 0 Å². The van der Waals surface area contributed by atoms with Crippen LogP contribution < -0.4 is 5.73 Å². The molecule has 1 aliphatic heterocycles. The molecule has 0 aromatic heterocycles. The van der Waals surface area contributed by atoms with E-state index >= 15 is 0 Å². The van der Waals surface area contributed by atoms with Gasteiger partial charge in [0.1, 0.15) is 0 Å². The van der Waals surface area contributed by atoms with Crippen LogP contribution in [0.5, 0.6) is 0 Å². The number of rotatable bonds is 4. The monoisotopic (exact) mass is 559 g/mol. The SMILES string of the molecule is CCC(C)=C/C=C\C1=C(C)C(N)=CCN(C)C1c1[c-]cc(C)cc1.[U]. The number of hydrogen-bond acceptors (Lipinski definition) is 2. The van der Waals surface area contributed by atoms with Crippen molar-refractivity contribution in [2.24, 2.45) is 5.73 Å². The zero-order valence-electron chi connectivity index (χ0n) is 16.1. The molecule has 2 nitrogen and oxygen atoms in total. The van der Waals surface area contributed by atoms with Gasteiger partial charge >= 0.3 is 0 Å². The van der Waals surface area contributed by atoms with Crippen LogP contribution in [0.25, 0.3) is 0 Å². The molecule has 0 aliphatic carbocycles. The summed E-state index contributed by atoms with van der Waals surface area (Å²) in [5, 5.41) is 0. The molecule has 1 heterocycles. The van der Waals surface area contributed by atoms with Crippen molar-refractivity contribution in [3.8, 4) is 0 Å². The third-order valence-electron chi connectivity index (χ3n) is 4.70. The van der Waals surface area contributed by atoms with E-state index in [2.05, 4.69) is 88.2 Å². The molecule has 0 bridgehead atoms. The smallest absolute Gasteiger partial charge is 0.0380 e. The van der Waals surface area contributed by atoms with E-state index in [0.717, 1.165) is 24.2 Å². The van der Waals surface area contributed by atoms with Crippen LogP contribution in [0.1, 0.15) is 44.4 Å². The molecule has 132 valence electrons. The molecule has 1 aromatic rings. The summed E-state index contributed by atoms with van der Waals surface area (Å²) in [5.41, 5.74) is 13.3. The van der Waals surface area contributed by atoms with E-state index in [1.54, 1.807) is 0 Å². The van der Waals surface area contributed by atoms with Gasteiger partial charge in [-0.3, -0.25) is 4.90 Å². The molecule has 3 heteroatoms. The Bertz CT molecular complexity index is 693. The summed E-state index contributed by atoms with van der Waals surface area (Å²) >= 11 is 0. The van der Waals surface area contributed by atoms with Crippen molar-refractivity contribution >= 4 is 0 Å². The van der Waals surface area contributed by atoms with Gasteiger partial charge in [0, 0.05) is 49.4 Å². The molecule has 0 spiro atoms. The quantitative estimate of drug-likeness (QED) is 0.422. The maximum atomic E-state index is 6.27. The number of benzene rings is 1. The van der Waals surface area contributed by atoms with Gasteiger partial charge in [0.05, 0.1) is 0 Å². The molecular formula is C22H29N2U-. The Hall–Kier alpha value is -1.01. The normalized spacial score (nSPS) is 19.6. The number of nitrogens with zero attached hydrogens (tertiary/aromatic N) is 1. The van der Waals surface area contributed by atoms with Crippen molar-refractivity contribution in [2.45, 2.75) is 40.2 Å². The molecule has 2 rings (SSSR count). The average Bonchev–Trinajstić information content (AvgIpc) is 2.68. The van der Waals surface area contributed by atoms with E-state index in [-0.39, 0.29) is 37.2 Å². The molecule has 0 saturated carbocycles. The van der Waals surface area contributed by atoms with Crippen molar-refractivity contribution in [3.63, 3.8) is 0 Å². The Morgan fingerprint density at radius 1 is 1.36 bits per heavy atom. The Morgan fingerprint density at radius 2 is 2.08 bits per heavy atom. The first-order valence-corrected chi connectivity index (χ1v) is 8.63. The fourth-order valence-electron chi connectivity index (χ4n) is 2.85. The molecule has 1 aromatic carbocycles. The van der Waals surface area contributed by atoms with Crippen LogP contribution in [0.3, 0.4) is 0 Å². The second kappa shape index (κ2) is 10.2. The van der Waals surface area contributed by atoms with E-state index in [4.69, 9.17) is 5.73 Å². The molecule has 1 aliphatic rings. The Balaban J connectivity index is 0.00000312. The minimum Gasteiger partial charge on any atom is -0.399 e.